The van der Waals surface area contributed by atoms with E-state index >= 15 is 0 Å². The highest BCUT2D eigenvalue weighted by Gasteiger charge is 2.45. The van der Waals surface area contributed by atoms with Crippen LogP contribution in [0.3, 0.4) is 0 Å². The van der Waals surface area contributed by atoms with Gasteiger partial charge in [-0.1, -0.05) is 12.1 Å². The van der Waals surface area contributed by atoms with Gasteiger partial charge < -0.3 is 9.64 Å². The van der Waals surface area contributed by atoms with Gasteiger partial charge in [-0.25, -0.2) is 8.42 Å². The summed E-state index contributed by atoms with van der Waals surface area (Å²) in [6.45, 7) is 1.54. The third-order valence-corrected chi connectivity index (χ3v) is 8.15. The zero-order chi connectivity index (χ0) is 20.7. The number of para-hydroxylation sites is 1. The first-order valence-electron chi connectivity index (χ1n) is 10.5. The normalized spacial score (nSPS) is 25.9. The predicted molar refractivity (Wildman–Crippen MR) is 111 cm³/mol. The molecule has 8 heteroatoms. The van der Waals surface area contributed by atoms with E-state index in [0.717, 1.165) is 12.8 Å². The second kappa shape index (κ2) is 7.67. The first-order valence-corrected chi connectivity index (χ1v) is 11.9. The molecule has 2 atom stereocenters. The molecule has 1 saturated heterocycles. The molecule has 3 heterocycles. The highest BCUT2D eigenvalue weighted by atomic mass is 32.2. The number of aromatic nitrogens is 1. The maximum absolute atomic E-state index is 13.5. The lowest BCUT2D eigenvalue weighted by molar-refractivity contribution is 0.0754. The van der Waals surface area contributed by atoms with Gasteiger partial charge in [-0.05, 0) is 49.4 Å². The van der Waals surface area contributed by atoms with E-state index in [0.29, 0.717) is 49.7 Å². The SMILES string of the molecule is O=C(c1cccnc1)N1CC[C@@H]2Oc3ccccc3S(=O)(=O)N(CC3CC3)[C@H]2CC1. The summed E-state index contributed by atoms with van der Waals surface area (Å²) in [6, 6.07) is 10.1. The average molecular weight is 428 g/mol. The molecular formula is C22H25N3O4S. The van der Waals surface area contributed by atoms with E-state index < -0.39 is 10.0 Å². The average Bonchev–Trinajstić information content (AvgIpc) is 3.60. The van der Waals surface area contributed by atoms with E-state index in [1.165, 1.54) is 0 Å². The number of fused-ring (bicyclic) bond motifs is 2. The highest BCUT2D eigenvalue weighted by Crippen LogP contribution is 2.39. The van der Waals surface area contributed by atoms with E-state index in [9.17, 15) is 13.2 Å². The Labute approximate surface area is 176 Å². The van der Waals surface area contributed by atoms with Gasteiger partial charge in [0.1, 0.15) is 16.7 Å². The zero-order valence-electron chi connectivity index (χ0n) is 16.7. The molecule has 3 aliphatic rings. The first kappa shape index (κ1) is 19.5. The number of carbonyl (C=O) groups excluding carboxylic acids is 1. The Morgan fingerprint density at radius 1 is 1.07 bits per heavy atom. The summed E-state index contributed by atoms with van der Waals surface area (Å²) in [4.78, 5) is 19.0. The van der Waals surface area contributed by atoms with Gasteiger partial charge in [-0.15, -0.1) is 0 Å². The molecule has 2 aliphatic heterocycles. The van der Waals surface area contributed by atoms with Crippen LogP contribution in [0.15, 0.2) is 53.7 Å². The lowest BCUT2D eigenvalue weighted by atomic mass is 10.1. The van der Waals surface area contributed by atoms with Crippen LogP contribution in [0.4, 0.5) is 0 Å². The number of carbonyl (C=O) groups is 1. The van der Waals surface area contributed by atoms with Gasteiger partial charge >= 0.3 is 0 Å². The van der Waals surface area contributed by atoms with Crippen molar-refractivity contribution in [3.63, 3.8) is 0 Å². The van der Waals surface area contributed by atoms with Crippen LogP contribution in [0, 0.1) is 5.92 Å². The van der Waals surface area contributed by atoms with Gasteiger partial charge in [0, 0.05) is 38.4 Å². The molecule has 2 fully saturated rings. The minimum absolute atomic E-state index is 0.0726. The number of pyridine rings is 1. The van der Waals surface area contributed by atoms with Crippen molar-refractivity contribution in [3.05, 3.63) is 54.4 Å². The molecule has 1 aromatic heterocycles. The van der Waals surface area contributed by atoms with Crippen LogP contribution in [-0.2, 0) is 10.0 Å². The van der Waals surface area contributed by atoms with Crippen molar-refractivity contribution in [1.82, 2.24) is 14.2 Å². The number of hydrogen-bond donors (Lipinski definition) is 0. The summed E-state index contributed by atoms with van der Waals surface area (Å²) in [5, 5.41) is 0. The van der Waals surface area contributed by atoms with E-state index in [-0.39, 0.29) is 22.9 Å². The summed E-state index contributed by atoms with van der Waals surface area (Å²) < 4.78 is 35.0. The van der Waals surface area contributed by atoms with Gasteiger partial charge in [0.05, 0.1) is 11.6 Å². The first-order chi connectivity index (χ1) is 14.5. The van der Waals surface area contributed by atoms with Crippen LogP contribution in [0.25, 0.3) is 0 Å². The van der Waals surface area contributed by atoms with E-state index in [4.69, 9.17) is 4.74 Å². The van der Waals surface area contributed by atoms with Gasteiger partial charge in [0.2, 0.25) is 10.0 Å². The summed E-state index contributed by atoms with van der Waals surface area (Å²) in [5.74, 6) is 0.761. The molecule has 2 aromatic rings. The van der Waals surface area contributed by atoms with Gasteiger partial charge in [-0.3, -0.25) is 9.78 Å². The Balaban J connectivity index is 1.46. The second-order valence-electron chi connectivity index (χ2n) is 8.30. The standard InChI is InChI=1S/C22H25N3O4S/c26-22(17-4-3-11-23-14-17)24-12-9-18-19(10-13-24)29-20-5-1-2-6-21(20)30(27,28)25(18)15-16-7-8-16/h1-6,11,14,16,18-19H,7-10,12-13,15H2/t18-,19-/m0/s1. The Kier molecular flexibility index (Phi) is 4.99. The van der Waals surface area contributed by atoms with E-state index in [1.807, 2.05) is 0 Å². The number of benzene rings is 1. The highest BCUT2D eigenvalue weighted by molar-refractivity contribution is 7.89. The molecule has 30 heavy (non-hydrogen) atoms. The molecule has 1 aromatic carbocycles. The van der Waals surface area contributed by atoms with Crippen LogP contribution in [0.1, 0.15) is 36.0 Å². The van der Waals surface area contributed by atoms with Crippen molar-refractivity contribution in [3.8, 4) is 5.75 Å². The lowest BCUT2D eigenvalue weighted by Gasteiger charge is -2.31. The Morgan fingerprint density at radius 2 is 1.87 bits per heavy atom. The maximum atomic E-state index is 13.5. The van der Waals surface area contributed by atoms with Gasteiger partial charge in [0.15, 0.2) is 0 Å². The Morgan fingerprint density at radius 3 is 2.63 bits per heavy atom. The Hall–Kier alpha value is -2.45. The smallest absolute Gasteiger partial charge is 0.255 e. The molecule has 1 aliphatic carbocycles. The van der Waals surface area contributed by atoms with Crippen molar-refractivity contribution < 1.29 is 17.9 Å². The summed E-state index contributed by atoms with van der Waals surface area (Å²) in [6.07, 6.45) is 6.20. The molecule has 1 amide bonds. The summed E-state index contributed by atoms with van der Waals surface area (Å²) in [7, 11) is -3.66. The molecule has 7 nitrogen and oxygen atoms in total. The van der Waals surface area contributed by atoms with E-state index in [1.54, 1.807) is 58.0 Å². The van der Waals surface area contributed by atoms with Crippen molar-refractivity contribution >= 4 is 15.9 Å². The van der Waals surface area contributed by atoms with Crippen LogP contribution >= 0.6 is 0 Å². The minimum atomic E-state index is -3.66. The quantitative estimate of drug-likeness (QED) is 0.752. The molecule has 0 bridgehead atoms. The fourth-order valence-electron chi connectivity index (χ4n) is 4.42. The maximum Gasteiger partial charge on any atom is 0.255 e. The van der Waals surface area contributed by atoms with Crippen molar-refractivity contribution in [2.75, 3.05) is 19.6 Å². The number of sulfonamides is 1. The fourth-order valence-corrected chi connectivity index (χ4v) is 6.30. The third-order valence-electron chi connectivity index (χ3n) is 6.22. The number of amides is 1. The number of nitrogens with zero attached hydrogens (tertiary/aromatic N) is 3. The predicted octanol–water partition coefficient (Wildman–Crippen LogP) is 2.55. The molecule has 0 spiro atoms. The van der Waals surface area contributed by atoms with Crippen molar-refractivity contribution in [2.45, 2.75) is 42.7 Å². The molecular weight excluding hydrogens is 402 g/mol. The van der Waals surface area contributed by atoms with Crippen LogP contribution in [0.2, 0.25) is 0 Å². The molecule has 158 valence electrons. The van der Waals surface area contributed by atoms with Crippen LogP contribution in [0.5, 0.6) is 5.75 Å². The second-order valence-corrected chi connectivity index (χ2v) is 10.2. The van der Waals surface area contributed by atoms with Gasteiger partial charge in [0.25, 0.3) is 5.91 Å². The number of hydrogen-bond acceptors (Lipinski definition) is 5. The van der Waals surface area contributed by atoms with E-state index in [2.05, 4.69) is 4.98 Å². The van der Waals surface area contributed by atoms with Crippen LogP contribution < -0.4 is 4.74 Å². The molecule has 0 radical (unpaired) electrons. The number of likely N-dealkylation sites (tertiary alicyclic amines) is 1. The van der Waals surface area contributed by atoms with Crippen molar-refractivity contribution in [1.29, 1.82) is 0 Å². The minimum Gasteiger partial charge on any atom is -0.487 e. The monoisotopic (exact) mass is 427 g/mol. The van der Waals surface area contributed by atoms with Crippen molar-refractivity contribution in [2.24, 2.45) is 5.92 Å². The number of ether oxygens (including phenoxy) is 1. The lowest BCUT2D eigenvalue weighted by Crippen LogP contribution is -2.48. The Bertz CT molecular complexity index is 1040. The largest absolute Gasteiger partial charge is 0.487 e. The molecule has 5 rings (SSSR count). The topological polar surface area (TPSA) is 79.8 Å². The molecule has 0 unspecified atom stereocenters. The molecule has 1 saturated carbocycles. The summed E-state index contributed by atoms with van der Waals surface area (Å²) >= 11 is 0. The number of rotatable bonds is 3. The fraction of sp³-hybridized carbons (Fsp3) is 0.455. The molecule has 0 N–H and O–H groups in total. The van der Waals surface area contributed by atoms with Crippen LogP contribution in [-0.4, -0.2) is 60.3 Å². The third kappa shape index (κ3) is 3.58. The van der Waals surface area contributed by atoms with Gasteiger partial charge in [-0.2, -0.15) is 4.31 Å². The zero-order valence-corrected chi connectivity index (χ0v) is 17.5. The summed E-state index contributed by atoms with van der Waals surface area (Å²) in [5.41, 5.74) is 0.549.